The number of ether oxygens (including phenoxy) is 1. The normalized spacial score (nSPS) is 23.4. The summed E-state index contributed by atoms with van der Waals surface area (Å²) in [6.45, 7) is 0.581. The van der Waals surface area contributed by atoms with Crippen molar-refractivity contribution in [3.8, 4) is 0 Å². The van der Waals surface area contributed by atoms with E-state index in [1.165, 1.54) is 6.07 Å². The number of rotatable bonds is 4. The van der Waals surface area contributed by atoms with Crippen molar-refractivity contribution in [1.29, 1.82) is 0 Å². The minimum atomic E-state index is -4.47. The van der Waals surface area contributed by atoms with E-state index in [-0.39, 0.29) is 13.1 Å². The van der Waals surface area contributed by atoms with Crippen LogP contribution in [0.15, 0.2) is 18.2 Å². The van der Waals surface area contributed by atoms with Gasteiger partial charge in [0.25, 0.3) is 0 Å². The summed E-state index contributed by atoms with van der Waals surface area (Å²) in [5.41, 5.74) is 0.292. The molecule has 1 saturated heterocycles. The quantitative estimate of drug-likeness (QED) is 0.868. The van der Waals surface area contributed by atoms with E-state index in [1.54, 1.807) is 0 Å². The number of hydrogen-bond acceptors (Lipinski definition) is 4. The largest absolute Gasteiger partial charge is 0.416 e. The van der Waals surface area contributed by atoms with Crippen molar-refractivity contribution in [3.63, 3.8) is 0 Å². The molecule has 1 N–H and O–H groups in total. The first-order chi connectivity index (χ1) is 11.7. The monoisotopic (exact) mass is 379 g/mol. The Hall–Kier alpha value is -1.16. The number of aliphatic hydroxyl groups excluding tert-OH is 1. The minimum absolute atomic E-state index is 0.111. The maximum absolute atomic E-state index is 12.9. The number of benzene rings is 1. The molecule has 140 valence electrons. The van der Waals surface area contributed by atoms with Gasteiger partial charge in [0.05, 0.1) is 23.5 Å². The van der Waals surface area contributed by atoms with Gasteiger partial charge in [-0.1, -0.05) is 6.07 Å². The second-order valence-corrected chi connectivity index (χ2v) is 8.48. The van der Waals surface area contributed by atoms with Crippen LogP contribution in [0.1, 0.15) is 29.5 Å². The average molecular weight is 379 g/mol. The highest BCUT2D eigenvalue weighted by atomic mass is 32.2. The lowest BCUT2D eigenvalue weighted by Gasteiger charge is -2.30. The molecule has 0 amide bonds. The van der Waals surface area contributed by atoms with Crippen LogP contribution >= 0.6 is 0 Å². The van der Waals surface area contributed by atoms with Crippen molar-refractivity contribution < 1.29 is 31.4 Å². The number of nitrogens with zero attached hydrogens (tertiary/aromatic N) is 1. The van der Waals surface area contributed by atoms with Crippen LogP contribution in [0, 0.1) is 0 Å². The van der Waals surface area contributed by atoms with E-state index in [4.69, 9.17) is 4.74 Å². The fourth-order valence-electron chi connectivity index (χ4n) is 3.28. The maximum Gasteiger partial charge on any atom is 0.416 e. The van der Waals surface area contributed by atoms with Gasteiger partial charge in [-0.05, 0) is 42.5 Å². The van der Waals surface area contributed by atoms with Gasteiger partial charge in [0, 0.05) is 19.7 Å². The van der Waals surface area contributed by atoms with Crippen LogP contribution < -0.4 is 0 Å². The fraction of sp³-hybridized carbons (Fsp3) is 0.625. The Morgan fingerprint density at radius 1 is 1.32 bits per heavy atom. The molecule has 1 aromatic carbocycles. The molecule has 2 aliphatic rings. The molecule has 0 spiro atoms. The van der Waals surface area contributed by atoms with Crippen molar-refractivity contribution in [2.45, 2.75) is 44.2 Å². The van der Waals surface area contributed by atoms with E-state index in [2.05, 4.69) is 0 Å². The Morgan fingerprint density at radius 3 is 2.72 bits per heavy atom. The van der Waals surface area contributed by atoms with Gasteiger partial charge in [-0.3, -0.25) is 0 Å². The molecule has 25 heavy (non-hydrogen) atoms. The Bertz CT molecular complexity index is 729. The third kappa shape index (κ3) is 4.16. The smallest absolute Gasteiger partial charge is 0.389 e. The lowest BCUT2D eigenvalue weighted by atomic mass is 9.98. The molecule has 2 aliphatic heterocycles. The molecular formula is C16H20F3NO4S. The molecule has 0 saturated carbocycles. The van der Waals surface area contributed by atoms with Gasteiger partial charge >= 0.3 is 6.18 Å². The van der Waals surface area contributed by atoms with Crippen LogP contribution in [0.25, 0.3) is 0 Å². The molecule has 2 atom stereocenters. The van der Waals surface area contributed by atoms with Gasteiger partial charge in [-0.2, -0.15) is 17.5 Å². The Kier molecular flexibility index (Phi) is 5.11. The summed E-state index contributed by atoms with van der Waals surface area (Å²) in [5.74, 6) is -0.480. The Balaban J connectivity index is 1.74. The second kappa shape index (κ2) is 6.86. The zero-order valence-corrected chi connectivity index (χ0v) is 14.3. The van der Waals surface area contributed by atoms with Gasteiger partial charge in [-0.15, -0.1) is 0 Å². The van der Waals surface area contributed by atoms with Gasteiger partial charge in [0.1, 0.15) is 0 Å². The van der Waals surface area contributed by atoms with E-state index >= 15 is 0 Å². The summed E-state index contributed by atoms with van der Waals surface area (Å²) >= 11 is 0. The van der Waals surface area contributed by atoms with Crippen molar-refractivity contribution in [2.75, 3.05) is 18.9 Å². The van der Waals surface area contributed by atoms with Gasteiger partial charge in [-0.25, -0.2) is 8.42 Å². The highest BCUT2D eigenvalue weighted by Gasteiger charge is 2.35. The van der Waals surface area contributed by atoms with Gasteiger partial charge in [0.2, 0.25) is 10.0 Å². The molecular weight excluding hydrogens is 359 g/mol. The molecule has 0 bridgehead atoms. The van der Waals surface area contributed by atoms with Crippen LogP contribution in [-0.2, 0) is 33.9 Å². The zero-order valence-electron chi connectivity index (χ0n) is 13.5. The molecule has 1 aromatic rings. The van der Waals surface area contributed by atoms with Crippen LogP contribution in [0.2, 0.25) is 0 Å². The van der Waals surface area contributed by atoms with E-state index in [0.717, 1.165) is 28.4 Å². The zero-order chi connectivity index (χ0) is 18.2. The fourth-order valence-corrected chi connectivity index (χ4v) is 4.84. The van der Waals surface area contributed by atoms with Crippen molar-refractivity contribution in [1.82, 2.24) is 4.31 Å². The topological polar surface area (TPSA) is 66.8 Å². The second-order valence-electron chi connectivity index (χ2n) is 6.46. The molecule has 0 unspecified atom stereocenters. The summed E-state index contributed by atoms with van der Waals surface area (Å²) < 4.78 is 70.1. The predicted octanol–water partition coefficient (Wildman–Crippen LogP) is 1.93. The van der Waals surface area contributed by atoms with Crippen LogP contribution in [0.5, 0.6) is 0 Å². The van der Waals surface area contributed by atoms with Crippen molar-refractivity contribution in [3.05, 3.63) is 34.9 Å². The highest BCUT2D eigenvalue weighted by molar-refractivity contribution is 7.89. The van der Waals surface area contributed by atoms with Crippen LogP contribution in [0.4, 0.5) is 13.2 Å². The van der Waals surface area contributed by atoms with Gasteiger partial charge < -0.3 is 9.84 Å². The molecule has 3 rings (SSSR count). The summed E-state index contributed by atoms with van der Waals surface area (Å²) in [7, 11) is -3.79. The minimum Gasteiger partial charge on any atom is -0.389 e. The number of alkyl halides is 3. The average Bonchev–Trinajstić information content (AvgIpc) is 3.07. The number of fused-ring (bicyclic) bond motifs is 1. The summed E-state index contributed by atoms with van der Waals surface area (Å²) in [6.07, 6.45) is -4.36. The number of halogens is 3. The number of sulfonamides is 1. The summed E-state index contributed by atoms with van der Waals surface area (Å²) in [6, 6.07) is 3.43. The van der Waals surface area contributed by atoms with E-state index in [9.17, 15) is 26.7 Å². The summed E-state index contributed by atoms with van der Waals surface area (Å²) in [5, 5.41) is 10.1. The molecule has 0 aliphatic carbocycles. The highest BCUT2D eigenvalue weighted by Crippen LogP contribution is 2.32. The van der Waals surface area contributed by atoms with Gasteiger partial charge in [0.15, 0.2) is 0 Å². The Morgan fingerprint density at radius 2 is 2.08 bits per heavy atom. The van der Waals surface area contributed by atoms with Crippen LogP contribution in [-0.4, -0.2) is 48.9 Å². The van der Waals surface area contributed by atoms with E-state index in [0.29, 0.717) is 25.0 Å². The lowest BCUT2D eigenvalue weighted by molar-refractivity contribution is -0.137. The lowest BCUT2D eigenvalue weighted by Crippen LogP contribution is -2.42. The number of hydrogen-bond donors (Lipinski definition) is 1. The predicted molar refractivity (Wildman–Crippen MR) is 84.3 cm³/mol. The first kappa shape index (κ1) is 18.6. The molecule has 0 radical (unpaired) electrons. The molecule has 5 nitrogen and oxygen atoms in total. The maximum atomic E-state index is 12.9. The third-order valence-electron chi connectivity index (χ3n) is 4.68. The van der Waals surface area contributed by atoms with Crippen molar-refractivity contribution in [2.24, 2.45) is 0 Å². The first-order valence-corrected chi connectivity index (χ1v) is 9.74. The Labute approximate surface area is 144 Å². The summed E-state index contributed by atoms with van der Waals surface area (Å²) in [4.78, 5) is 0. The number of aliphatic hydroxyl groups is 1. The first-order valence-electron chi connectivity index (χ1n) is 8.13. The van der Waals surface area contributed by atoms with Crippen molar-refractivity contribution >= 4 is 10.0 Å². The molecule has 0 aromatic heterocycles. The van der Waals surface area contributed by atoms with Crippen LogP contribution in [0.3, 0.4) is 0 Å². The third-order valence-corrected chi connectivity index (χ3v) is 6.54. The SMILES string of the molecule is O=S(=O)(C[C@@H](O)[C@H]1CCCO1)N1CCc2ccc(C(F)(F)F)cc2C1. The molecule has 9 heteroatoms. The molecule has 2 heterocycles. The van der Waals surface area contributed by atoms with E-state index < -0.39 is 39.7 Å². The molecule has 1 fully saturated rings. The van der Waals surface area contributed by atoms with E-state index in [1.807, 2.05) is 0 Å². The standard InChI is InChI=1S/C16H20F3NO4S/c17-16(18,19)13-4-3-11-5-6-20(9-12(11)8-13)25(22,23)10-14(21)15-2-1-7-24-15/h3-4,8,14-15,21H,1-2,5-7,9-10H2/t14-,15-/m1/s1.